The van der Waals surface area contributed by atoms with Crippen molar-refractivity contribution in [3.63, 3.8) is 0 Å². The van der Waals surface area contributed by atoms with Gasteiger partial charge in [-0.05, 0) is 17.9 Å². The quantitative estimate of drug-likeness (QED) is 0.849. The third-order valence-electron chi connectivity index (χ3n) is 2.22. The molecule has 0 spiro atoms. The summed E-state index contributed by atoms with van der Waals surface area (Å²) in [6.45, 7) is 2.58. The largest absolute Gasteiger partial charge is 0.344 e. The van der Waals surface area contributed by atoms with Crippen molar-refractivity contribution in [1.82, 2.24) is 20.5 Å². The van der Waals surface area contributed by atoms with Crippen molar-refractivity contribution >= 4 is 17.2 Å². The van der Waals surface area contributed by atoms with Crippen LogP contribution in [0.5, 0.6) is 0 Å². The van der Waals surface area contributed by atoms with Crippen molar-refractivity contribution in [2.45, 2.75) is 26.3 Å². The van der Waals surface area contributed by atoms with E-state index in [1.807, 2.05) is 17.5 Å². The third-order valence-corrected chi connectivity index (χ3v) is 3.10. The van der Waals surface area contributed by atoms with Gasteiger partial charge in [0.2, 0.25) is 5.82 Å². The number of aromatic amines is 1. The Morgan fingerprint density at radius 2 is 2.47 bits per heavy atom. The standard InChI is InChI=1S/C11H14N4OS/c1-2-4-9-13-10(15-14-9)11(16)12-7-8-5-3-6-17-8/h3,5-6H,2,4,7H2,1H3,(H,12,16)(H,13,14,15). The van der Waals surface area contributed by atoms with Crippen molar-refractivity contribution in [1.29, 1.82) is 0 Å². The molecule has 2 heterocycles. The van der Waals surface area contributed by atoms with E-state index in [9.17, 15) is 4.79 Å². The maximum atomic E-state index is 11.7. The minimum absolute atomic E-state index is 0.213. The SMILES string of the molecule is CCCc1nc(C(=O)NCc2cccs2)n[nH]1. The van der Waals surface area contributed by atoms with E-state index in [1.165, 1.54) is 0 Å². The molecule has 1 amide bonds. The first-order valence-electron chi connectivity index (χ1n) is 5.51. The molecule has 0 aliphatic rings. The Labute approximate surface area is 103 Å². The normalized spacial score (nSPS) is 10.4. The molecule has 6 heteroatoms. The number of aryl methyl sites for hydroxylation is 1. The Morgan fingerprint density at radius 1 is 1.59 bits per heavy atom. The molecule has 90 valence electrons. The van der Waals surface area contributed by atoms with Gasteiger partial charge in [0.1, 0.15) is 5.82 Å². The highest BCUT2D eigenvalue weighted by atomic mass is 32.1. The molecule has 0 unspecified atom stereocenters. The summed E-state index contributed by atoms with van der Waals surface area (Å²) in [5, 5.41) is 11.4. The molecule has 0 aromatic carbocycles. The lowest BCUT2D eigenvalue weighted by Crippen LogP contribution is -2.23. The molecule has 0 saturated heterocycles. The Bertz CT molecular complexity index is 477. The number of hydrogen-bond donors (Lipinski definition) is 2. The maximum Gasteiger partial charge on any atom is 0.291 e. The molecule has 2 N–H and O–H groups in total. The van der Waals surface area contributed by atoms with Crippen molar-refractivity contribution in [3.05, 3.63) is 34.0 Å². The van der Waals surface area contributed by atoms with Gasteiger partial charge in [-0.25, -0.2) is 4.98 Å². The second kappa shape index (κ2) is 5.58. The maximum absolute atomic E-state index is 11.7. The summed E-state index contributed by atoms with van der Waals surface area (Å²) in [5.41, 5.74) is 0. The fourth-order valence-corrected chi connectivity index (χ4v) is 2.05. The zero-order valence-corrected chi connectivity index (χ0v) is 10.4. The minimum atomic E-state index is -0.239. The molecule has 0 radical (unpaired) electrons. The number of aromatic nitrogens is 3. The third kappa shape index (κ3) is 3.13. The molecular weight excluding hydrogens is 236 g/mol. The second-order valence-electron chi connectivity index (χ2n) is 3.62. The summed E-state index contributed by atoms with van der Waals surface area (Å²) in [6.07, 6.45) is 1.79. The molecular formula is C11H14N4OS. The number of thiophene rings is 1. The van der Waals surface area contributed by atoms with E-state index in [1.54, 1.807) is 11.3 Å². The molecule has 0 aliphatic heterocycles. The van der Waals surface area contributed by atoms with Gasteiger partial charge in [-0.1, -0.05) is 13.0 Å². The van der Waals surface area contributed by atoms with Gasteiger partial charge in [-0.15, -0.1) is 16.4 Å². The smallest absolute Gasteiger partial charge is 0.291 e. The molecule has 0 saturated carbocycles. The second-order valence-corrected chi connectivity index (χ2v) is 4.65. The van der Waals surface area contributed by atoms with E-state index in [2.05, 4.69) is 27.4 Å². The number of carbonyl (C=O) groups is 1. The number of nitrogens with zero attached hydrogens (tertiary/aromatic N) is 2. The number of hydrogen-bond acceptors (Lipinski definition) is 4. The van der Waals surface area contributed by atoms with Crippen molar-refractivity contribution in [2.24, 2.45) is 0 Å². The van der Waals surface area contributed by atoms with Crippen molar-refractivity contribution in [3.8, 4) is 0 Å². The Kier molecular flexibility index (Phi) is 3.87. The van der Waals surface area contributed by atoms with Gasteiger partial charge < -0.3 is 5.32 Å². The number of amides is 1. The highest BCUT2D eigenvalue weighted by Gasteiger charge is 2.11. The lowest BCUT2D eigenvalue weighted by Gasteiger charge is -1.98. The van der Waals surface area contributed by atoms with Crippen LogP contribution >= 0.6 is 11.3 Å². The zero-order chi connectivity index (χ0) is 12.1. The van der Waals surface area contributed by atoms with Crippen molar-refractivity contribution in [2.75, 3.05) is 0 Å². The summed E-state index contributed by atoms with van der Waals surface area (Å²) in [7, 11) is 0. The average molecular weight is 250 g/mol. The van der Waals surface area contributed by atoms with E-state index in [4.69, 9.17) is 0 Å². The van der Waals surface area contributed by atoms with E-state index in [-0.39, 0.29) is 11.7 Å². The van der Waals surface area contributed by atoms with Crippen LogP contribution in [0.2, 0.25) is 0 Å². The summed E-state index contributed by atoms with van der Waals surface area (Å²) < 4.78 is 0. The number of carbonyl (C=O) groups excluding carboxylic acids is 1. The van der Waals surface area contributed by atoms with E-state index < -0.39 is 0 Å². The van der Waals surface area contributed by atoms with E-state index >= 15 is 0 Å². The van der Waals surface area contributed by atoms with Crippen LogP contribution in [0, 0.1) is 0 Å². The molecule has 2 rings (SSSR count). The number of rotatable bonds is 5. The summed E-state index contributed by atoms with van der Waals surface area (Å²) in [5.74, 6) is 0.732. The summed E-state index contributed by atoms with van der Waals surface area (Å²) in [6, 6.07) is 3.93. The van der Waals surface area contributed by atoms with Crippen LogP contribution in [0.4, 0.5) is 0 Å². The topological polar surface area (TPSA) is 70.7 Å². The zero-order valence-electron chi connectivity index (χ0n) is 9.56. The average Bonchev–Trinajstić information content (AvgIpc) is 2.97. The lowest BCUT2D eigenvalue weighted by molar-refractivity contribution is 0.0941. The number of H-pyrrole nitrogens is 1. The van der Waals surface area contributed by atoms with Crippen LogP contribution in [-0.2, 0) is 13.0 Å². The molecule has 0 fully saturated rings. The monoisotopic (exact) mass is 250 g/mol. The van der Waals surface area contributed by atoms with Gasteiger partial charge >= 0.3 is 0 Å². The van der Waals surface area contributed by atoms with Crippen LogP contribution in [0.1, 0.15) is 34.7 Å². The van der Waals surface area contributed by atoms with Crippen LogP contribution in [0.15, 0.2) is 17.5 Å². The highest BCUT2D eigenvalue weighted by molar-refractivity contribution is 7.09. The van der Waals surface area contributed by atoms with Gasteiger partial charge in [-0.3, -0.25) is 9.89 Å². The van der Waals surface area contributed by atoms with E-state index in [0.29, 0.717) is 6.54 Å². The first kappa shape index (κ1) is 11.8. The predicted octanol–water partition coefficient (Wildman–Crippen LogP) is 1.75. The molecule has 0 bridgehead atoms. The molecule has 2 aromatic heterocycles. The van der Waals surface area contributed by atoms with Crippen LogP contribution in [0.25, 0.3) is 0 Å². The van der Waals surface area contributed by atoms with Gasteiger partial charge in [-0.2, -0.15) is 0 Å². The first-order chi connectivity index (χ1) is 8.29. The molecule has 5 nitrogen and oxygen atoms in total. The minimum Gasteiger partial charge on any atom is -0.344 e. The molecule has 0 atom stereocenters. The predicted molar refractivity (Wildman–Crippen MR) is 65.9 cm³/mol. The highest BCUT2D eigenvalue weighted by Crippen LogP contribution is 2.07. The van der Waals surface area contributed by atoms with Gasteiger partial charge in [0.15, 0.2) is 0 Å². The molecule has 0 aliphatic carbocycles. The van der Waals surface area contributed by atoms with Gasteiger partial charge in [0.05, 0.1) is 6.54 Å². The van der Waals surface area contributed by atoms with Gasteiger partial charge in [0, 0.05) is 11.3 Å². The Hall–Kier alpha value is -1.69. The summed E-state index contributed by atoms with van der Waals surface area (Å²) in [4.78, 5) is 16.9. The van der Waals surface area contributed by atoms with Gasteiger partial charge in [0.25, 0.3) is 5.91 Å². The first-order valence-corrected chi connectivity index (χ1v) is 6.39. The van der Waals surface area contributed by atoms with Crippen LogP contribution in [0.3, 0.4) is 0 Å². The van der Waals surface area contributed by atoms with Crippen LogP contribution in [-0.4, -0.2) is 21.1 Å². The summed E-state index contributed by atoms with van der Waals surface area (Å²) >= 11 is 1.61. The molecule has 17 heavy (non-hydrogen) atoms. The fourth-order valence-electron chi connectivity index (χ4n) is 1.41. The number of nitrogens with one attached hydrogen (secondary N) is 2. The van der Waals surface area contributed by atoms with Crippen LogP contribution < -0.4 is 5.32 Å². The molecule has 2 aromatic rings. The Morgan fingerprint density at radius 3 is 3.18 bits per heavy atom. The Balaban J connectivity index is 1.90. The lowest BCUT2D eigenvalue weighted by atomic mass is 10.3. The van der Waals surface area contributed by atoms with E-state index in [0.717, 1.165) is 23.5 Å². The fraction of sp³-hybridized carbons (Fsp3) is 0.364. The van der Waals surface area contributed by atoms with Crippen molar-refractivity contribution < 1.29 is 4.79 Å².